The zero-order valence-electron chi connectivity index (χ0n) is 15.6. The number of urea groups is 1. The number of rotatable bonds is 8. The quantitative estimate of drug-likeness (QED) is 0.532. The van der Waals surface area contributed by atoms with E-state index in [-0.39, 0.29) is 11.8 Å². The summed E-state index contributed by atoms with van der Waals surface area (Å²) in [4.78, 5) is 23.5. The molecule has 1 heterocycles. The van der Waals surface area contributed by atoms with Gasteiger partial charge >= 0.3 is 6.03 Å². The molecule has 1 aromatic carbocycles. The van der Waals surface area contributed by atoms with Crippen LogP contribution in [0.4, 0.5) is 4.79 Å². The topological polar surface area (TPSA) is 98.1 Å². The number of hydrogen-bond donors (Lipinski definition) is 2. The first-order chi connectivity index (χ1) is 12.9. The van der Waals surface area contributed by atoms with Crippen LogP contribution in [0.3, 0.4) is 0 Å². The number of thioether (sulfide) groups is 1. The van der Waals surface area contributed by atoms with Crippen molar-refractivity contribution in [3.8, 4) is 17.1 Å². The molecular formula is C18H23N5O3S. The summed E-state index contributed by atoms with van der Waals surface area (Å²) in [6.07, 6.45) is 1.73. The van der Waals surface area contributed by atoms with Crippen molar-refractivity contribution in [1.82, 2.24) is 25.4 Å². The summed E-state index contributed by atoms with van der Waals surface area (Å²) in [6, 6.07) is 6.90. The van der Waals surface area contributed by atoms with Crippen molar-refractivity contribution in [2.24, 2.45) is 0 Å². The van der Waals surface area contributed by atoms with Crippen molar-refractivity contribution in [2.45, 2.75) is 31.6 Å². The fraction of sp³-hybridized carbons (Fsp3) is 0.333. The van der Waals surface area contributed by atoms with Gasteiger partial charge in [-0.2, -0.15) is 0 Å². The molecule has 0 spiro atoms. The molecule has 0 aliphatic carbocycles. The lowest BCUT2D eigenvalue weighted by atomic mass is 10.2. The monoisotopic (exact) mass is 389 g/mol. The maximum atomic E-state index is 11.9. The van der Waals surface area contributed by atoms with Crippen LogP contribution in [0.2, 0.25) is 0 Å². The average molecular weight is 389 g/mol. The van der Waals surface area contributed by atoms with Crippen LogP contribution in [0.5, 0.6) is 5.75 Å². The van der Waals surface area contributed by atoms with Gasteiger partial charge in [-0.15, -0.1) is 16.8 Å². The highest BCUT2D eigenvalue weighted by atomic mass is 32.2. The standard InChI is InChI=1S/C18H23N5O3S/c1-5-10-23-16(13-6-8-14(26-4)9-7-13)21-22-18(23)27-11-15(24)20-17(25)19-12(2)3/h5-9,12H,1,10-11H2,2-4H3,(H2,19,20,24,25). The molecular weight excluding hydrogens is 366 g/mol. The van der Waals surface area contributed by atoms with Gasteiger partial charge in [-0.3, -0.25) is 14.7 Å². The molecule has 2 rings (SSSR count). The number of amides is 3. The fourth-order valence-corrected chi connectivity index (χ4v) is 2.98. The number of ether oxygens (including phenoxy) is 1. The smallest absolute Gasteiger partial charge is 0.321 e. The van der Waals surface area contributed by atoms with Crippen LogP contribution in [-0.2, 0) is 11.3 Å². The van der Waals surface area contributed by atoms with Crippen LogP contribution in [0.1, 0.15) is 13.8 Å². The van der Waals surface area contributed by atoms with Crippen LogP contribution in [0.25, 0.3) is 11.4 Å². The molecule has 1 aromatic heterocycles. The van der Waals surface area contributed by atoms with Crippen LogP contribution in [-0.4, -0.2) is 45.6 Å². The first-order valence-corrected chi connectivity index (χ1v) is 9.34. The Balaban J connectivity index is 2.08. The van der Waals surface area contributed by atoms with Gasteiger partial charge in [-0.1, -0.05) is 17.8 Å². The number of hydrogen-bond acceptors (Lipinski definition) is 6. The molecule has 0 atom stereocenters. The summed E-state index contributed by atoms with van der Waals surface area (Å²) < 4.78 is 7.03. The van der Waals surface area contributed by atoms with E-state index < -0.39 is 11.9 Å². The van der Waals surface area contributed by atoms with Gasteiger partial charge in [0.05, 0.1) is 12.9 Å². The van der Waals surface area contributed by atoms with E-state index in [4.69, 9.17) is 4.74 Å². The van der Waals surface area contributed by atoms with Gasteiger partial charge in [-0.05, 0) is 38.1 Å². The third-order valence-electron chi connectivity index (χ3n) is 3.38. The molecule has 0 aliphatic heterocycles. The Morgan fingerprint density at radius 1 is 1.30 bits per heavy atom. The van der Waals surface area contributed by atoms with E-state index in [1.807, 2.05) is 42.7 Å². The van der Waals surface area contributed by atoms with E-state index in [9.17, 15) is 9.59 Å². The Hall–Kier alpha value is -2.81. The fourth-order valence-electron chi connectivity index (χ4n) is 2.23. The van der Waals surface area contributed by atoms with E-state index >= 15 is 0 Å². The predicted molar refractivity (Wildman–Crippen MR) is 105 cm³/mol. The van der Waals surface area contributed by atoms with Gasteiger partial charge in [-0.25, -0.2) is 4.79 Å². The molecule has 0 saturated heterocycles. The van der Waals surface area contributed by atoms with E-state index in [2.05, 4.69) is 27.4 Å². The molecule has 8 nitrogen and oxygen atoms in total. The summed E-state index contributed by atoms with van der Waals surface area (Å²) in [6.45, 7) is 7.89. The maximum absolute atomic E-state index is 11.9. The second kappa shape index (κ2) is 9.77. The Kier molecular flexibility index (Phi) is 7.42. The zero-order chi connectivity index (χ0) is 19.8. The number of allylic oxidation sites excluding steroid dienone is 1. The molecule has 0 radical (unpaired) electrons. The SMILES string of the molecule is C=CCn1c(SCC(=O)NC(=O)NC(C)C)nnc1-c1ccc(OC)cc1. The van der Waals surface area contributed by atoms with Crippen molar-refractivity contribution in [3.05, 3.63) is 36.9 Å². The summed E-state index contributed by atoms with van der Waals surface area (Å²) in [7, 11) is 1.61. The Bertz CT molecular complexity index is 802. The third-order valence-corrected chi connectivity index (χ3v) is 4.35. The number of nitrogens with zero attached hydrogens (tertiary/aromatic N) is 3. The van der Waals surface area contributed by atoms with Crippen LogP contribution in [0, 0.1) is 0 Å². The molecule has 0 bridgehead atoms. The minimum atomic E-state index is -0.512. The highest BCUT2D eigenvalue weighted by Gasteiger charge is 2.16. The zero-order valence-corrected chi connectivity index (χ0v) is 16.4. The lowest BCUT2D eigenvalue weighted by Crippen LogP contribution is -2.43. The molecule has 9 heteroatoms. The number of methoxy groups -OCH3 is 1. The third kappa shape index (κ3) is 5.85. The van der Waals surface area contributed by atoms with Gasteiger partial charge in [0, 0.05) is 18.2 Å². The number of imide groups is 1. The Labute approximate surface area is 162 Å². The largest absolute Gasteiger partial charge is 0.497 e. The first-order valence-electron chi connectivity index (χ1n) is 8.36. The lowest BCUT2D eigenvalue weighted by molar-refractivity contribution is -0.117. The Morgan fingerprint density at radius 2 is 2.00 bits per heavy atom. The minimum Gasteiger partial charge on any atom is -0.497 e. The molecule has 3 amide bonds. The number of nitrogens with one attached hydrogen (secondary N) is 2. The normalized spacial score (nSPS) is 10.5. The molecule has 2 N–H and O–H groups in total. The molecule has 0 fully saturated rings. The Morgan fingerprint density at radius 3 is 2.59 bits per heavy atom. The van der Waals surface area contributed by atoms with E-state index in [1.165, 1.54) is 11.8 Å². The van der Waals surface area contributed by atoms with Gasteiger partial charge in [0.1, 0.15) is 5.75 Å². The minimum absolute atomic E-state index is 0.0450. The van der Waals surface area contributed by atoms with Gasteiger partial charge < -0.3 is 10.1 Å². The van der Waals surface area contributed by atoms with E-state index in [0.29, 0.717) is 17.5 Å². The second-order valence-electron chi connectivity index (χ2n) is 5.90. The number of carbonyl (C=O) groups is 2. The molecule has 2 aromatic rings. The molecule has 0 saturated carbocycles. The van der Waals surface area contributed by atoms with Crippen molar-refractivity contribution >= 4 is 23.7 Å². The number of carbonyl (C=O) groups excluding carboxylic acids is 2. The summed E-state index contributed by atoms with van der Waals surface area (Å²) in [5.74, 6) is 1.05. The van der Waals surface area contributed by atoms with Crippen LogP contribution >= 0.6 is 11.8 Å². The van der Waals surface area contributed by atoms with E-state index in [0.717, 1.165) is 11.3 Å². The molecule has 0 unspecified atom stereocenters. The van der Waals surface area contributed by atoms with Crippen LogP contribution in [0.15, 0.2) is 42.1 Å². The van der Waals surface area contributed by atoms with Gasteiger partial charge in [0.15, 0.2) is 11.0 Å². The van der Waals surface area contributed by atoms with E-state index in [1.54, 1.807) is 13.2 Å². The highest BCUT2D eigenvalue weighted by molar-refractivity contribution is 7.99. The summed E-state index contributed by atoms with van der Waals surface area (Å²) in [5, 5.41) is 13.9. The lowest BCUT2D eigenvalue weighted by Gasteiger charge is -2.10. The molecule has 0 aliphatic rings. The van der Waals surface area contributed by atoms with Crippen molar-refractivity contribution in [3.63, 3.8) is 0 Å². The van der Waals surface area contributed by atoms with Crippen LogP contribution < -0.4 is 15.4 Å². The second-order valence-corrected chi connectivity index (χ2v) is 6.84. The van der Waals surface area contributed by atoms with Gasteiger partial charge in [0.25, 0.3) is 0 Å². The maximum Gasteiger partial charge on any atom is 0.321 e. The summed E-state index contributed by atoms with van der Waals surface area (Å²) >= 11 is 1.20. The summed E-state index contributed by atoms with van der Waals surface area (Å²) in [5.41, 5.74) is 0.873. The van der Waals surface area contributed by atoms with Crippen molar-refractivity contribution < 1.29 is 14.3 Å². The first kappa shape index (κ1) is 20.5. The number of benzene rings is 1. The van der Waals surface area contributed by atoms with Crippen molar-refractivity contribution in [1.29, 1.82) is 0 Å². The average Bonchev–Trinajstić information content (AvgIpc) is 3.02. The van der Waals surface area contributed by atoms with Gasteiger partial charge in [0.2, 0.25) is 5.91 Å². The number of aromatic nitrogens is 3. The molecule has 144 valence electrons. The molecule has 27 heavy (non-hydrogen) atoms. The van der Waals surface area contributed by atoms with Crippen molar-refractivity contribution in [2.75, 3.05) is 12.9 Å². The predicted octanol–water partition coefficient (Wildman–Crippen LogP) is 2.47. The highest BCUT2D eigenvalue weighted by Crippen LogP contribution is 2.25.